The number of hydrogen-bond acceptors (Lipinski definition) is 4. The molecule has 2 heterocycles. The van der Waals surface area contributed by atoms with Crippen LogP contribution in [0.25, 0.3) is 0 Å². The summed E-state index contributed by atoms with van der Waals surface area (Å²) in [5.41, 5.74) is 0. The number of carbonyl (C=O) groups is 1. The summed E-state index contributed by atoms with van der Waals surface area (Å²) < 4.78 is 0.987. The number of rotatable bonds is 2. The van der Waals surface area contributed by atoms with Crippen LogP contribution in [0.2, 0.25) is 0 Å². The van der Waals surface area contributed by atoms with Crippen molar-refractivity contribution in [2.24, 2.45) is 0 Å². The lowest BCUT2D eigenvalue weighted by Gasteiger charge is -2.35. The number of nitrogens with one attached hydrogen (secondary N) is 1. The average molecular weight is 346 g/mol. The number of likely N-dealkylation sites (N-methyl/N-ethyl adjacent to an activating group) is 1. The Labute approximate surface area is 114 Å². The molecule has 1 aromatic rings. The molecule has 1 aliphatic rings. The summed E-state index contributed by atoms with van der Waals surface area (Å²) in [5, 5.41) is 2.73. The number of anilines is 1. The second-order valence-electron chi connectivity index (χ2n) is 4.01. The first-order valence-electron chi connectivity index (χ1n) is 5.67. The van der Waals surface area contributed by atoms with E-state index in [9.17, 15) is 4.79 Å². The number of carbonyl (C=O) groups excluding carboxylic acids is 1. The Morgan fingerprint density at radius 1 is 1.59 bits per heavy atom. The lowest BCUT2D eigenvalue weighted by Crippen LogP contribution is -2.49. The van der Waals surface area contributed by atoms with Crippen LogP contribution >= 0.6 is 22.6 Å². The first-order chi connectivity index (χ1) is 8.24. The third kappa shape index (κ3) is 2.67. The highest BCUT2D eigenvalue weighted by Crippen LogP contribution is 2.26. The fraction of sp³-hybridized carbons (Fsp3) is 0.545. The molecule has 2 rings (SSSR count). The lowest BCUT2D eigenvalue weighted by molar-refractivity contribution is -0.122. The Bertz CT molecular complexity index is 412. The normalized spacial score (nSPS) is 20.1. The molecule has 0 aromatic carbocycles. The van der Waals surface area contributed by atoms with Crippen molar-refractivity contribution in [1.29, 1.82) is 0 Å². The van der Waals surface area contributed by atoms with E-state index in [4.69, 9.17) is 0 Å². The molecule has 0 spiro atoms. The molecule has 1 fully saturated rings. The number of hydrogen-bond donors (Lipinski definition) is 1. The smallest absolute Gasteiger partial charge is 0.242 e. The van der Waals surface area contributed by atoms with Gasteiger partial charge in [-0.1, -0.05) is 0 Å². The molecule has 0 saturated carbocycles. The number of nitrogens with zero attached hydrogens (tertiary/aromatic N) is 3. The van der Waals surface area contributed by atoms with Crippen LogP contribution in [0.3, 0.4) is 0 Å². The van der Waals surface area contributed by atoms with E-state index in [0.29, 0.717) is 0 Å². The maximum Gasteiger partial charge on any atom is 0.242 e. The van der Waals surface area contributed by atoms with Gasteiger partial charge in [0.15, 0.2) is 0 Å². The number of amides is 1. The van der Waals surface area contributed by atoms with Gasteiger partial charge >= 0.3 is 0 Å². The van der Waals surface area contributed by atoms with Crippen LogP contribution in [0.15, 0.2) is 12.5 Å². The summed E-state index contributed by atoms with van der Waals surface area (Å²) in [7, 11) is 1.68. The minimum atomic E-state index is -0.0998. The van der Waals surface area contributed by atoms with Crippen LogP contribution in [0.4, 0.5) is 5.82 Å². The summed E-state index contributed by atoms with van der Waals surface area (Å²) in [6.07, 6.45) is 6.40. The molecule has 0 aliphatic carbocycles. The minimum Gasteiger partial charge on any atom is -0.357 e. The van der Waals surface area contributed by atoms with E-state index in [1.807, 2.05) is 0 Å². The van der Waals surface area contributed by atoms with E-state index in [1.54, 1.807) is 13.2 Å². The van der Waals surface area contributed by atoms with E-state index in [0.717, 1.165) is 35.2 Å². The summed E-state index contributed by atoms with van der Waals surface area (Å²) in [5.74, 6) is 0.938. The second-order valence-corrected chi connectivity index (χ2v) is 5.18. The number of piperidine rings is 1. The molecule has 1 N–H and O–H groups in total. The van der Waals surface area contributed by atoms with Crippen molar-refractivity contribution < 1.29 is 4.79 Å². The van der Waals surface area contributed by atoms with Gasteiger partial charge in [-0.2, -0.15) is 0 Å². The van der Waals surface area contributed by atoms with Crippen molar-refractivity contribution in [3.8, 4) is 0 Å². The molecular weight excluding hydrogens is 331 g/mol. The Kier molecular flexibility index (Phi) is 4.14. The zero-order valence-corrected chi connectivity index (χ0v) is 11.8. The van der Waals surface area contributed by atoms with Crippen LogP contribution in [-0.4, -0.2) is 35.5 Å². The average Bonchev–Trinajstić information content (AvgIpc) is 2.38. The van der Waals surface area contributed by atoms with Gasteiger partial charge in [-0.05, 0) is 41.9 Å². The molecule has 0 bridgehead atoms. The van der Waals surface area contributed by atoms with E-state index < -0.39 is 0 Å². The quantitative estimate of drug-likeness (QED) is 0.818. The van der Waals surface area contributed by atoms with Gasteiger partial charge in [0.05, 0.1) is 3.57 Å². The lowest BCUT2D eigenvalue weighted by atomic mass is 10.0. The summed E-state index contributed by atoms with van der Waals surface area (Å²) >= 11 is 2.21. The third-order valence-electron chi connectivity index (χ3n) is 2.97. The number of halogens is 1. The zero-order chi connectivity index (χ0) is 12.3. The van der Waals surface area contributed by atoms with E-state index in [-0.39, 0.29) is 11.9 Å². The molecule has 1 aliphatic heterocycles. The van der Waals surface area contributed by atoms with Gasteiger partial charge in [0, 0.05) is 19.8 Å². The molecule has 92 valence electrons. The first kappa shape index (κ1) is 12.5. The third-order valence-corrected chi connectivity index (χ3v) is 3.73. The van der Waals surface area contributed by atoms with E-state index in [2.05, 4.69) is 42.8 Å². The molecular formula is C11H15IN4O. The van der Waals surface area contributed by atoms with E-state index >= 15 is 0 Å². The Hall–Kier alpha value is -0.920. The fourth-order valence-electron chi connectivity index (χ4n) is 2.14. The highest BCUT2D eigenvalue weighted by Gasteiger charge is 2.29. The van der Waals surface area contributed by atoms with Gasteiger partial charge < -0.3 is 10.2 Å². The van der Waals surface area contributed by atoms with Crippen molar-refractivity contribution >= 4 is 34.3 Å². The predicted molar refractivity (Wildman–Crippen MR) is 73.8 cm³/mol. The van der Waals surface area contributed by atoms with E-state index in [1.165, 1.54) is 6.33 Å². The minimum absolute atomic E-state index is 0.0686. The monoisotopic (exact) mass is 346 g/mol. The van der Waals surface area contributed by atoms with Gasteiger partial charge in [-0.15, -0.1) is 0 Å². The van der Waals surface area contributed by atoms with Crippen molar-refractivity contribution in [2.45, 2.75) is 25.3 Å². The van der Waals surface area contributed by atoms with Gasteiger partial charge in [0.2, 0.25) is 5.91 Å². The molecule has 1 atom stereocenters. The predicted octanol–water partition coefficient (Wildman–Crippen LogP) is 1.19. The highest BCUT2D eigenvalue weighted by atomic mass is 127. The van der Waals surface area contributed by atoms with Gasteiger partial charge in [0.25, 0.3) is 0 Å². The molecule has 1 amide bonds. The topological polar surface area (TPSA) is 58.1 Å². The Morgan fingerprint density at radius 2 is 2.41 bits per heavy atom. The molecule has 17 heavy (non-hydrogen) atoms. The van der Waals surface area contributed by atoms with Crippen LogP contribution < -0.4 is 10.2 Å². The number of aromatic nitrogens is 2. The summed E-state index contributed by atoms with van der Waals surface area (Å²) in [4.78, 5) is 22.2. The maximum atomic E-state index is 11.9. The van der Waals surface area contributed by atoms with Crippen molar-refractivity contribution in [2.75, 3.05) is 18.5 Å². The maximum absolute atomic E-state index is 11.9. The largest absolute Gasteiger partial charge is 0.357 e. The summed E-state index contributed by atoms with van der Waals surface area (Å²) in [6, 6.07) is -0.0998. The molecule has 0 radical (unpaired) electrons. The molecule has 1 unspecified atom stereocenters. The summed E-state index contributed by atoms with van der Waals surface area (Å²) in [6.45, 7) is 0.880. The molecule has 1 aromatic heterocycles. The van der Waals surface area contributed by atoms with Gasteiger partial charge in [0.1, 0.15) is 18.2 Å². The van der Waals surface area contributed by atoms with Crippen LogP contribution in [-0.2, 0) is 4.79 Å². The van der Waals surface area contributed by atoms with Gasteiger partial charge in [-0.25, -0.2) is 9.97 Å². The molecule has 1 saturated heterocycles. The zero-order valence-electron chi connectivity index (χ0n) is 9.69. The first-order valence-corrected chi connectivity index (χ1v) is 6.75. The Balaban J connectivity index is 2.28. The van der Waals surface area contributed by atoms with Crippen molar-refractivity contribution in [1.82, 2.24) is 15.3 Å². The second kappa shape index (κ2) is 5.61. The Morgan fingerprint density at radius 3 is 3.12 bits per heavy atom. The van der Waals surface area contributed by atoms with Crippen LogP contribution in [0.1, 0.15) is 19.3 Å². The van der Waals surface area contributed by atoms with Crippen LogP contribution in [0.5, 0.6) is 0 Å². The SMILES string of the molecule is CNC(=O)C1CCCCN1c1ncncc1I. The molecule has 5 nitrogen and oxygen atoms in total. The van der Waals surface area contributed by atoms with Crippen molar-refractivity contribution in [3.05, 3.63) is 16.1 Å². The van der Waals surface area contributed by atoms with Gasteiger partial charge in [-0.3, -0.25) is 4.79 Å². The highest BCUT2D eigenvalue weighted by molar-refractivity contribution is 14.1. The molecule has 6 heteroatoms. The van der Waals surface area contributed by atoms with Crippen molar-refractivity contribution in [3.63, 3.8) is 0 Å². The fourth-order valence-corrected chi connectivity index (χ4v) is 2.75. The standard InChI is InChI=1S/C11H15IN4O/c1-13-11(17)9-4-2-3-5-16(9)10-8(12)6-14-7-15-10/h6-7,9H,2-5H2,1H3,(H,13,17). The van der Waals surface area contributed by atoms with Crippen LogP contribution in [0, 0.1) is 3.57 Å².